The number of aromatic nitrogens is 2. The highest BCUT2D eigenvalue weighted by Crippen LogP contribution is 2.20. The average molecular weight is 459 g/mol. The molecule has 8 nitrogen and oxygen atoms in total. The van der Waals surface area contributed by atoms with Gasteiger partial charge in [-0.15, -0.1) is 0 Å². The third-order valence-corrected chi connectivity index (χ3v) is 5.83. The van der Waals surface area contributed by atoms with Gasteiger partial charge in [0.05, 0.1) is 23.7 Å². The van der Waals surface area contributed by atoms with E-state index in [1.165, 1.54) is 0 Å². The molecule has 2 amide bonds. The molecule has 0 atom stereocenters. The van der Waals surface area contributed by atoms with E-state index in [0.717, 1.165) is 25.2 Å². The Morgan fingerprint density at radius 1 is 1.06 bits per heavy atom. The van der Waals surface area contributed by atoms with Crippen LogP contribution in [0.1, 0.15) is 35.8 Å². The number of hydrogen-bond donors (Lipinski definition) is 1. The lowest BCUT2D eigenvalue weighted by atomic mass is 10.1. The summed E-state index contributed by atoms with van der Waals surface area (Å²) >= 11 is 0. The second-order valence-electron chi connectivity index (χ2n) is 8.13. The maximum absolute atomic E-state index is 12.9. The lowest BCUT2D eigenvalue weighted by Crippen LogP contribution is -2.48. The Morgan fingerprint density at radius 3 is 2.44 bits per heavy atom. The zero-order valence-electron chi connectivity index (χ0n) is 19.1. The minimum Gasteiger partial charge on any atom is -0.336 e. The molecule has 0 aliphatic carbocycles. The fourth-order valence-corrected chi connectivity index (χ4v) is 3.86. The van der Waals surface area contributed by atoms with Crippen molar-refractivity contribution in [1.82, 2.24) is 19.8 Å². The predicted octanol–water partition coefficient (Wildman–Crippen LogP) is 3.87. The number of aryl methyl sites for hydroxylation is 1. The summed E-state index contributed by atoms with van der Waals surface area (Å²) in [6.07, 6.45) is 2.14. The van der Waals surface area contributed by atoms with Crippen molar-refractivity contribution in [2.75, 3.05) is 38.0 Å². The van der Waals surface area contributed by atoms with Crippen LogP contribution in [0, 0.1) is 18.3 Å². The second-order valence-corrected chi connectivity index (χ2v) is 8.13. The molecule has 1 aliphatic heterocycles. The van der Waals surface area contributed by atoms with Gasteiger partial charge >= 0.3 is 0 Å². The Bertz CT molecular complexity index is 1210. The minimum atomic E-state index is -0.321. The van der Waals surface area contributed by atoms with E-state index in [4.69, 9.17) is 5.26 Å². The molecule has 0 saturated carbocycles. The van der Waals surface area contributed by atoms with Gasteiger partial charge in [-0.05, 0) is 31.2 Å². The van der Waals surface area contributed by atoms with E-state index in [1.807, 2.05) is 47.4 Å². The number of carbonyl (C=O) groups excluding carboxylic acids is 2. The predicted molar refractivity (Wildman–Crippen MR) is 133 cm³/mol. The van der Waals surface area contributed by atoms with Crippen LogP contribution < -0.4 is 5.32 Å². The first kappa shape index (κ1) is 23.1. The van der Waals surface area contributed by atoms with Gasteiger partial charge in [0.2, 0.25) is 0 Å². The van der Waals surface area contributed by atoms with Gasteiger partial charge in [-0.1, -0.05) is 30.3 Å². The van der Waals surface area contributed by atoms with E-state index in [1.54, 1.807) is 25.3 Å². The summed E-state index contributed by atoms with van der Waals surface area (Å²) in [4.78, 5) is 38.6. The Labute approximate surface area is 201 Å². The maximum atomic E-state index is 12.9. The van der Waals surface area contributed by atoms with Crippen molar-refractivity contribution in [2.45, 2.75) is 13.3 Å². The van der Waals surface area contributed by atoms with Crippen LogP contribution in [-0.4, -0.2) is 64.3 Å². The Balaban J connectivity index is 0.00000228. The van der Waals surface area contributed by atoms with E-state index < -0.39 is 0 Å². The lowest BCUT2D eigenvalue weighted by molar-refractivity contribution is 0.0639. The van der Waals surface area contributed by atoms with Crippen molar-refractivity contribution in [1.29, 1.82) is 5.26 Å². The molecular formula is C26H30N6O2. The number of nitrogens with one attached hydrogen (secondary N) is 1. The smallest absolute Gasteiger partial charge is 0.276 e. The number of rotatable bonds is 6. The first-order valence-corrected chi connectivity index (χ1v) is 11.2. The third-order valence-electron chi connectivity index (χ3n) is 5.83. The number of para-hydroxylation sites is 1. The molecule has 2 heterocycles. The van der Waals surface area contributed by atoms with Gasteiger partial charge in [0, 0.05) is 58.8 Å². The molecule has 3 aromatic rings. The SMILES string of the molecule is Cc1ncc(-c2ccc(C(=O)N3CCN(CCC#N)CC3)cc2)nc1C(=O)Nc1ccccc1.[HH].[HH]. The molecule has 4 rings (SSSR count). The van der Waals surface area contributed by atoms with E-state index >= 15 is 0 Å². The summed E-state index contributed by atoms with van der Waals surface area (Å²) in [6, 6.07) is 18.6. The van der Waals surface area contributed by atoms with Gasteiger partial charge in [-0.2, -0.15) is 5.26 Å². The van der Waals surface area contributed by atoms with Gasteiger partial charge in [-0.25, -0.2) is 4.98 Å². The number of nitriles is 1. The zero-order valence-corrected chi connectivity index (χ0v) is 19.1. The van der Waals surface area contributed by atoms with Crippen LogP contribution in [0.5, 0.6) is 0 Å². The Kier molecular flexibility index (Phi) is 7.25. The molecule has 34 heavy (non-hydrogen) atoms. The van der Waals surface area contributed by atoms with Crippen molar-refractivity contribution in [3.63, 3.8) is 0 Å². The van der Waals surface area contributed by atoms with Gasteiger partial charge in [0.25, 0.3) is 11.8 Å². The molecule has 0 bridgehead atoms. The van der Waals surface area contributed by atoms with Gasteiger partial charge < -0.3 is 10.2 Å². The number of piperazine rings is 1. The quantitative estimate of drug-likeness (QED) is 0.602. The van der Waals surface area contributed by atoms with Crippen LogP contribution in [0.4, 0.5) is 5.69 Å². The van der Waals surface area contributed by atoms with Crippen molar-refractivity contribution >= 4 is 17.5 Å². The highest BCUT2D eigenvalue weighted by molar-refractivity contribution is 6.03. The normalized spacial score (nSPS) is 13.8. The molecule has 8 heteroatoms. The molecule has 0 unspecified atom stereocenters. The summed E-state index contributed by atoms with van der Waals surface area (Å²) in [5.41, 5.74) is 3.44. The largest absolute Gasteiger partial charge is 0.336 e. The first-order valence-electron chi connectivity index (χ1n) is 11.2. The van der Waals surface area contributed by atoms with Crippen molar-refractivity contribution in [3.8, 4) is 17.3 Å². The summed E-state index contributed by atoms with van der Waals surface area (Å²) < 4.78 is 0. The third kappa shape index (κ3) is 5.45. The number of amides is 2. The molecule has 1 N–H and O–H groups in total. The minimum absolute atomic E-state index is 0. The maximum Gasteiger partial charge on any atom is 0.276 e. The van der Waals surface area contributed by atoms with Gasteiger partial charge in [0.1, 0.15) is 5.69 Å². The standard InChI is InChI=1S/C26H26N6O2.2H2/c1-19-24(25(33)29-22-6-3-2-4-7-22)30-23(18-28-19)20-8-10-21(11-9-20)26(34)32-16-14-31(15-17-32)13-5-12-27;;/h2-4,6-11,18H,5,13-17H2,1H3,(H,29,33);2*1H. The van der Waals surface area contributed by atoms with E-state index in [9.17, 15) is 9.59 Å². The van der Waals surface area contributed by atoms with Crippen LogP contribution in [-0.2, 0) is 0 Å². The van der Waals surface area contributed by atoms with Gasteiger partial charge in [-0.3, -0.25) is 19.5 Å². The van der Waals surface area contributed by atoms with Gasteiger partial charge in [0.15, 0.2) is 0 Å². The number of carbonyl (C=O) groups is 2. The van der Waals surface area contributed by atoms with Crippen molar-refractivity contribution in [3.05, 3.63) is 77.7 Å². The highest BCUT2D eigenvalue weighted by atomic mass is 16.2. The topological polar surface area (TPSA) is 102 Å². The van der Waals surface area contributed by atoms with E-state index in [2.05, 4.69) is 26.3 Å². The molecule has 1 aliphatic rings. The molecule has 2 aromatic carbocycles. The summed E-state index contributed by atoms with van der Waals surface area (Å²) in [5.74, 6) is -0.330. The molecule has 1 fully saturated rings. The Hall–Kier alpha value is -4.09. The van der Waals surface area contributed by atoms with Crippen LogP contribution >= 0.6 is 0 Å². The summed E-state index contributed by atoms with van der Waals surface area (Å²) in [6.45, 7) is 5.34. The average Bonchev–Trinajstić information content (AvgIpc) is 2.88. The molecule has 0 spiro atoms. The monoisotopic (exact) mass is 458 g/mol. The number of nitrogens with zero attached hydrogens (tertiary/aromatic N) is 5. The highest BCUT2D eigenvalue weighted by Gasteiger charge is 2.22. The zero-order chi connectivity index (χ0) is 23.9. The van der Waals surface area contributed by atoms with Crippen LogP contribution in [0.2, 0.25) is 0 Å². The van der Waals surface area contributed by atoms with Crippen LogP contribution in [0.3, 0.4) is 0 Å². The fourth-order valence-electron chi connectivity index (χ4n) is 3.86. The molecule has 176 valence electrons. The number of benzene rings is 2. The second kappa shape index (κ2) is 10.7. The number of hydrogen-bond acceptors (Lipinski definition) is 6. The summed E-state index contributed by atoms with van der Waals surface area (Å²) in [5, 5.41) is 11.6. The van der Waals surface area contributed by atoms with Crippen LogP contribution in [0.15, 0.2) is 60.8 Å². The molecular weight excluding hydrogens is 428 g/mol. The van der Waals surface area contributed by atoms with Crippen LogP contribution in [0.25, 0.3) is 11.3 Å². The lowest BCUT2D eigenvalue weighted by Gasteiger charge is -2.34. The first-order chi connectivity index (χ1) is 16.5. The number of anilines is 1. The van der Waals surface area contributed by atoms with E-state index in [-0.39, 0.29) is 20.4 Å². The molecule has 0 radical (unpaired) electrons. The Morgan fingerprint density at radius 2 is 1.76 bits per heavy atom. The molecule has 1 aromatic heterocycles. The van der Waals surface area contributed by atoms with Crippen molar-refractivity contribution in [2.24, 2.45) is 0 Å². The van der Waals surface area contributed by atoms with Crippen molar-refractivity contribution < 1.29 is 12.4 Å². The van der Waals surface area contributed by atoms with E-state index in [0.29, 0.717) is 42.1 Å². The fraction of sp³-hybridized carbons (Fsp3) is 0.269. The molecule has 1 saturated heterocycles. The summed E-state index contributed by atoms with van der Waals surface area (Å²) in [7, 11) is 0.